The molecule has 0 radical (unpaired) electrons. The van der Waals surface area contributed by atoms with Gasteiger partial charge in [0.1, 0.15) is 17.4 Å². The number of nitrogens with one attached hydrogen (secondary N) is 2. The number of halogens is 3. The van der Waals surface area contributed by atoms with E-state index in [1.165, 1.54) is 96.8 Å². The number of fused-ring (bicyclic) bond motifs is 1. The van der Waals surface area contributed by atoms with Crippen molar-refractivity contribution in [3.05, 3.63) is 52.8 Å². The van der Waals surface area contributed by atoms with Crippen LogP contribution in [0.25, 0.3) is 10.9 Å². The minimum atomic E-state index is -4.48. The lowest BCUT2D eigenvalue weighted by molar-refractivity contribution is -0.137. The van der Waals surface area contributed by atoms with E-state index in [0.29, 0.717) is 34.6 Å². The molecular formula is C41H57F3N6O. The monoisotopic (exact) mass is 706 g/mol. The predicted molar refractivity (Wildman–Crippen MR) is 199 cm³/mol. The number of benzene rings is 2. The average molecular weight is 707 g/mol. The molecule has 4 fully saturated rings. The van der Waals surface area contributed by atoms with E-state index in [0.717, 1.165) is 59.0 Å². The van der Waals surface area contributed by atoms with Gasteiger partial charge in [-0.2, -0.15) is 13.2 Å². The van der Waals surface area contributed by atoms with E-state index < -0.39 is 17.8 Å². The van der Waals surface area contributed by atoms with Crippen molar-refractivity contribution < 1.29 is 17.9 Å². The zero-order valence-electron chi connectivity index (χ0n) is 30.8. The van der Waals surface area contributed by atoms with Crippen LogP contribution in [0.1, 0.15) is 125 Å². The van der Waals surface area contributed by atoms with E-state index in [1.54, 1.807) is 13.2 Å². The van der Waals surface area contributed by atoms with Gasteiger partial charge in [-0.15, -0.1) is 0 Å². The Bertz CT molecular complexity index is 1650. The summed E-state index contributed by atoms with van der Waals surface area (Å²) in [6.07, 6.45) is 12.8. The molecule has 7 nitrogen and oxygen atoms in total. The third kappa shape index (κ3) is 8.27. The molecule has 10 heteroatoms. The van der Waals surface area contributed by atoms with Crippen molar-refractivity contribution in [2.45, 2.75) is 121 Å². The molecule has 51 heavy (non-hydrogen) atoms. The van der Waals surface area contributed by atoms with E-state index >= 15 is 0 Å². The largest absolute Gasteiger partial charge is 0.496 e. The van der Waals surface area contributed by atoms with Crippen molar-refractivity contribution in [3.8, 4) is 5.75 Å². The maximum Gasteiger partial charge on any atom is 0.416 e. The minimum absolute atomic E-state index is 0.0778. The molecule has 1 atom stereocenters. The number of hydrogen-bond donors (Lipinski definition) is 3. The number of ether oxygens (including phenoxy) is 1. The van der Waals surface area contributed by atoms with Crippen LogP contribution in [-0.2, 0) is 6.18 Å². The molecule has 2 aliphatic heterocycles. The minimum Gasteiger partial charge on any atom is -0.496 e. The molecule has 0 amide bonds. The first kappa shape index (κ1) is 36.3. The van der Waals surface area contributed by atoms with E-state index in [4.69, 9.17) is 20.4 Å². The maximum atomic E-state index is 13.6. The van der Waals surface area contributed by atoms with Gasteiger partial charge in [0.05, 0.1) is 24.2 Å². The van der Waals surface area contributed by atoms with Gasteiger partial charge >= 0.3 is 6.18 Å². The SMILES string of the molecule is COc1cc2nc(C)nc(N[C@H](C)c3cc(N)cc(C(F)(F)F)c3)c2cc1C1CCC(N2CCC(CC3CCC4(CCNCC4)CC3)CC2)CC1. The van der Waals surface area contributed by atoms with Gasteiger partial charge in [-0.25, -0.2) is 9.97 Å². The Balaban J connectivity index is 0.974. The number of nitrogens with zero attached hydrogens (tertiary/aromatic N) is 3. The second-order valence-electron chi connectivity index (χ2n) is 16.4. The van der Waals surface area contributed by atoms with Gasteiger partial charge in [-0.1, -0.05) is 0 Å². The first-order chi connectivity index (χ1) is 24.5. The van der Waals surface area contributed by atoms with Crippen LogP contribution in [0.2, 0.25) is 0 Å². The predicted octanol–water partition coefficient (Wildman–Crippen LogP) is 9.41. The molecule has 4 aliphatic rings. The molecule has 2 saturated heterocycles. The smallest absolute Gasteiger partial charge is 0.416 e. The molecule has 4 N–H and O–H groups in total. The van der Waals surface area contributed by atoms with Gasteiger partial charge in [-0.3, -0.25) is 0 Å². The van der Waals surface area contributed by atoms with Crippen molar-refractivity contribution in [1.29, 1.82) is 0 Å². The number of hydrogen-bond acceptors (Lipinski definition) is 7. The van der Waals surface area contributed by atoms with Crippen molar-refractivity contribution in [3.63, 3.8) is 0 Å². The summed E-state index contributed by atoms with van der Waals surface area (Å²) < 4.78 is 46.6. The normalized spacial score (nSPS) is 24.5. The molecule has 1 spiro atoms. The number of nitrogen functional groups attached to an aromatic ring is 1. The van der Waals surface area contributed by atoms with Gasteiger partial charge in [0, 0.05) is 23.2 Å². The van der Waals surface area contributed by atoms with Gasteiger partial charge in [-0.05, 0) is 182 Å². The van der Waals surface area contributed by atoms with Crippen LogP contribution in [0.5, 0.6) is 5.75 Å². The number of methoxy groups -OCH3 is 1. The zero-order valence-corrected chi connectivity index (χ0v) is 30.8. The first-order valence-electron chi connectivity index (χ1n) is 19.5. The van der Waals surface area contributed by atoms with Crippen LogP contribution in [0.4, 0.5) is 24.7 Å². The van der Waals surface area contributed by atoms with E-state index in [9.17, 15) is 13.2 Å². The Hall–Kier alpha value is -3.11. The lowest BCUT2D eigenvalue weighted by atomic mass is 9.64. The van der Waals surface area contributed by atoms with Crippen LogP contribution in [-0.4, -0.2) is 54.2 Å². The number of aromatic nitrogens is 2. The molecule has 2 aromatic carbocycles. The fourth-order valence-corrected chi connectivity index (χ4v) is 10.0. The fraction of sp³-hybridized carbons (Fsp3) is 0.659. The van der Waals surface area contributed by atoms with Crippen molar-refractivity contribution in [1.82, 2.24) is 20.2 Å². The van der Waals surface area contributed by atoms with Crippen LogP contribution in [0.15, 0.2) is 30.3 Å². The Labute approximate surface area is 301 Å². The third-order valence-corrected chi connectivity index (χ3v) is 13.1. The summed E-state index contributed by atoms with van der Waals surface area (Å²) in [7, 11) is 1.71. The van der Waals surface area contributed by atoms with Gasteiger partial charge < -0.3 is 26.0 Å². The Morgan fingerprint density at radius 3 is 2.27 bits per heavy atom. The number of piperidine rings is 2. The highest BCUT2D eigenvalue weighted by atomic mass is 19.4. The molecule has 3 heterocycles. The summed E-state index contributed by atoms with van der Waals surface area (Å²) in [5, 5.41) is 7.79. The second kappa shape index (κ2) is 15.1. The zero-order chi connectivity index (χ0) is 35.8. The molecule has 3 aromatic rings. The number of alkyl halides is 3. The summed E-state index contributed by atoms with van der Waals surface area (Å²) >= 11 is 0. The second-order valence-corrected chi connectivity index (χ2v) is 16.4. The number of anilines is 2. The summed E-state index contributed by atoms with van der Waals surface area (Å²) in [4.78, 5) is 12.2. The molecule has 7 rings (SSSR count). The molecule has 0 bridgehead atoms. The van der Waals surface area contributed by atoms with Gasteiger partial charge in [0.15, 0.2) is 0 Å². The number of likely N-dealkylation sites (tertiary alicyclic amines) is 1. The third-order valence-electron chi connectivity index (χ3n) is 13.1. The summed E-state index contributed by atoms with van der Waals surface area (Å²) in [5.41, 5.74) is 8.22. The van der Waals surface area contributed by atoms with Crippen molar-refractivity contribution >= 4 is 22.4 Å². The van der Waals surface area contributed by atoms with Crippen LogP contribution in [0, 0.1) is 24.2 Å². The summed E-state index contributed by atoms with van der Waals surface area (Å²) in [6.45, 7) is 8.57. The highest BCUT2D eigenvalue weighted by Crippen LogP contribution is 2.47. The van der Waals surface area contributed by atoms with Crippen molar-refractivity contribution in [2.24, 2.45) is 17.3 Å². The Kier molecular flexibility index (Phi) is 10.7. The highest BCUT2D eigenvalue weighted by Gasteiger charge is 2.38. The molecule has 278 valence electrons. The van der Waals surface area contributed by atoms with Crippen molar-refractivity contribution in [2.75, 3.05) is 44.3 Å². The lowest BCUT2D eigenvalue weighted by Crippen LogP contribution is -2.43. The van der Waals surface area contributed by atoms with Gasteiger partial charge in [0.2, 0.25) is 0 Å². The molecule has 2 aliphatic carbocycles. The molecule has 2 saturated carbocycles. The summed E-state index contributed by atoms with van der Waals surface area (Å²) in [6, 6.07) is 8.03. The van der Waals surface area contributed by atoms with E-state index in [2.05, 4.69) is 21.6 Å². The fourth-order valence-electron chi connectivity index (χ4n) is 10.0. The molecular weight excluding hydrogens is 649 g/mol. The van der Waals surface area contributed by atoms with Crippen LogP contribution >= 0.6 is 0 Å². The van der Waals surface area contributed by atoms with Crippen LogP contribution in [0.3, 0.4) is 0 Å². The lowest BCUT2D eigenvalue weighted by Gasteiger charge is -2.45. The number of nitrogens with two attached hydrogens (primary N) is 1. The Morgan fingerprint density at radius 2 is 1.61 bits per heavy atom. The number of aryl methyl sites for hydroxylation is 1. The Morgan fingerprint density at radius 1 is 0.922 bits per heavy atom. The number of rotatable bonds is 8. The van der Waals surface area contributed by atoms with E-state index in [-0.39, 0.29) is 5.69 Å². The molecule has 1 aromatic heterocycles. The maximum absolute atomic E-state index is 13.6. The van der Waals surface area contributed by atoms with Gasteiger partial charge in [0.25, 0.3) is 0 Å². The quantitative estimate of drug-likeness (QED) is 0.201. The average Bonchev–Trinajstić information content (AvgIpc) is 3.12. The summed E-state index contributed by atoms with van der Waals surface area (Å²) in [5.74, 6) is 4.21. The molecule has 0 unspecified atom stereocenters. The topological polar surface area (TPSA) is 88.3 Å². The van der Waals surface area contributed by atoms with Crippen LogP contribution < -0.4 is 21.1 Å². The standard InChI is InChI=1S/C41H57F3N6O/c1-26(31-21-32(41(42,43)44)23-33(45)22-31)47-39-36-24-35(38(51-3)25-37(36)48-27(2)49-39)30-4-6-34(7-5-30)50-18-10-29(11-19-50)20-28-8-12-40(13-9-28)14-16-46-17-15-40/h21-26,28-30,34,46H,4-20,45H2,1-3H3,(H,47,48,49)/t26-,30?,34?/m1/s1. The highest BCUT2D eigenvalue weighted by molar-refractivity contribution is 5.91. The first-order valence-corrected chi connectivity index (χ1v) is 19.5. The van der Waals surface area contributed by atoms with E-state index in [1.807, 2.05) is 19.9 Å².